The number of hydrogen-bond acceptors (Lipinski definition) is 7. The van der Waals surface area contributed by atoms with Crippen LogP contribution < -0.4 is 5.32 Å². The molecule has 3 atom stereocenters. The normalized spacial score (nSPS) is 17.6. The SMILES string of the molecule is CC=CCCOC(c1ccc(Cl)cc1)C(Cl)N1C=CN(CCNc2ccc(Cl)cc2)C1OS(C)(=O)=O. The Bertz CT molecular complexity index is 1130. The van der Waals surface area contributed by atoms with Crippen LogP contribution in [0.4, 0.5) is 5.69 Å². The second-order valence-corrected chi connectivity index (χ2v) is 11.0. The molecular weight excluding hydrogens is 545 g/mol. The van der Waals surface area contributed by atoms with Crippen LogP contribution in [0.3, 0.4) is 0 Å². The molecule has 3 rings (SSSR count). The summed E-state index contributed by atoms with van der Waals surface area (Å²) < 4.78 is 35.9. The monoisotopic (exact) mass is 573 g/mol. The zero-order valence-corrected chi connectivity index (χ0v) is 23.1. The van der Waals surface area contributed by atoms with Crippen LogP contribution in [0.5, 0.6) is 0 Å². The molecule has 2 aromatic carbocycles. The van der Waals surface area contributed by atoms with Gasteiger partial charge in [-0.2, -0.15) is 8.42 Å². The molecule has 11 heteroatoms. The molecule has 1 aliphatic rings. The van der Waals surface area contributed by atoms with E-state index in [1.54, 1.807) is 46.5 Å². The summed E-state index contributed by atoms with van der Waals surface area (Å²) in [5.41, 5.74) is 0.941. The first-order chi connectivity index (χ1) is 17.2. The van der Waals surface area contributed by atoms with Gasteiger partial charge in [-0.15, -0.1) is 0 Å². The molecule has 0 saturated carbocycles. The van der Waals surface area contributed by atoms with Gasteiger partial charge < -0.3 is 19.9 Å². The Kier molecular flexibility index (Phi) is 10.8. The second-order valence-electron chi connectivity index (χ2n) is 8.12. The minimum Gasteiger partial charge on any atom is -0.383 e. The number of hydrogen-bond donors (Lipinski definition) is 1. The Balaban J connectivity index is 1.75. The van der Waals surface area contributed by atoms with Gasteiger partial charge in [-0.25, -0.2) is 4.18 Å². The van der Waals surface area contributed by atoms with Gasteiger partial charge in [0.05, 0.1) is 12.9 Å². The number of nitrogens with zero attached hydrogens (tertiary/aromatic N) is 2. The lowest BCUT2D eigenvalue weighted by atomic mass is 10.1. The zero-order valence-electron chi connectivity index (χ0n) is 20.1. The maximum atomic E-state index is 12.1. The average molecular weight is 575 g/mol. The van der Waals surface area contributed by atoms with Crippen molar-refractivity contribution in [3.63, 3.8) is 0 Å². The smallest absolute Gasteiger partial charge is 0.267 e. The maximum absolute atomic E-state index is 12.1. The van der Waals surface area contributed by atoms with E-state index in [0.29, 0.717) is 36.2 Å². The summed E-state index contributed by atoms with van der Waals surface area (Å²) in [6, 6.07) is 14.6. The molecule has 0 saturated heterocycles. The van der Waals surface area contributed by atoms with Crippen molar-refractivity contribution in [1.82, 2.24) is 9.80 Å². The van der Waals surface area contributed by atoms with Crippen molar-refractivity contribution >= 4 is 50.6 Å². The Labute approximate surface area is 228 Å². The topological polar surface area (TPSA) is 71.1 Å². The van der Waals surface area contributed by atoms with Crippen molar-refractivity contribution < 1.29 is 17.3 Å². The number of anilines is 1. The van der Waals surface area contributed by atoms with Crippen LogP contribution in [0.2, 0.25) is 10.0 Å². The van der Waals surface area contributed by atoms with Gasteiger partial charge in [-0.3, -0.25) is 0 Å². The molecule has 0 amide bonds. The van der Waals surface area contributed by atoms with Gasteiger partial charge in [-0.05, 0) is 55.3 Å². The number of allylic oxidation sites excluding steroid dienone is 1. The fourth-order valence-electron chi connectivity index (χ4n) is 3.60. The van der Waals surface area contributed by atoms with Gasteiger partial charge in [0, 0.05) is 41.2 Å². The van der Waals surface area contributed by atoms with Crippen LogP contribution in [0, 0.1) is 0 Å². The summed E-state index contributed by atoms with van der Waals surface area (Å²) in [4.78, 5) is 3.40. The molecule has 1 N–H and O–H groups in total. The minimum absolute atomic E-state index is 0.435. The molecule has 0 spiro atoms. The van der Waals surface area contributed by atoms with E-state index in [9.17, 15) is 8.42 Å². The molecule has 2 aromatic rings. The lowest BCUT2D eigenvalue weighted by molar-refractivity contribution is -0.0611. The third-order valence-corrected chi connectivity index (χ3v) is 6.80. The third kappa shape index (κ3) is 8.57. The van der Waals surface area contributed by atoms with E-state index in [0.717, 1.165) is 17.5 Å². The third-order valence-electron chi connectivity index (χ3n) is 5.32. The van der Waals surface area contributed by atoms with Crippen molar-refractivity contribution in [2.75, 3.05) is 31.3 Å². The van der Waals surface area contributed by atoms with Gasteiger partial charge in [0.15, 0.2) is 0 Å². The second kappa shape index (κ2) is 13.6. The van der Waals surface area contributed by atoms with Gasteiger partial charge in [-0.1, -0.05) is 59.1 Å². The van der Waals surface area contributed by atoms with Gasteiger partial charge in [0.2, 0.25) is 6.35 Å². The summed E-state index contributed by atoms with van der Waals surface area (Å²) >= 11 is 19.0. The summed E-state index contributed by atoms with van der Waals surface area (Å²) in [5.74, 6) is 0. The van der Waals surface area contributed by atoms with Crippen LogP contribution in [-0.2, 0) is 19.0 Å². The molecule has 0 aromatic heterocycles. The molecule has 0 bridgehead atoms. The van der Waals surface area contributed by atoms with Crippen LogP contribution in [-0.4, -0.2) is 56.0 Å². The van der Waals surface area contributed by atoms with Crippen molar-refractivity contribution in [3.05, 3.63) is 88.7 Å². The summed E-state index contributed by atoms with van der Waals surface area (Å²) in [5, 5.41) is 4.53. The molecule has 1 aliphatic heterocycles. The first kappa shape index (κ1) is 28.6. The Morgan fingerprint density at radius 3 is 2.31 bits per heavy atom. The molecule has 36 heavy (non-hydrogen) atoms. The molecule has 0 fully saturated rings. The van der Waals surface area contributed by atoms with Crippen molar-refractivity contribution in [3.8, 4) is 0 Å². The van der Waals surface area contributed by atoms with E-state index in [4.69, 9.17) is 43.7 Å². The number of nitrogens with one attached hydrogen (secondary N) is 1. The van der Waals surface area contributed by atoms with E-state index >= 15 is 0 Å². The fourth-order valence-corrected chi connectivity index (χ4v) is 4.76. The van der Waals surface area contributed by atoms with E-state index in [2.05, 4.69) is 5.32 Å². The lowest BCUT2D eigenvalue weighted by Crippen LogP contribution is -2.48. The van der Waals surface area contributed by atoms with E-state index in [1.807, 2.05) is 43.3 Å². The van der Waals surface area contributed by atoms with Crippen molar-refractivity contribution in [2.24, 2.45) is 0 Å². The molecule has 0 aliphatic carbocycles. The largest absolute Gasteiger partial charge is 0.383 e. The number of benzene rings is 2. The molecule has 7 nitrogen and oxygen atoms in total. The van der Waals surface area contributed by atoms with Gasteiger partial charge in [0.25, 0.3) is 10.1 Å². The van der Waals surface area contributed by atoms with Crippen LogP contribution in [0.15, 0.2) is 73.1 Å². The van der Waals surface area contributed by atoms with Crippen LogP contribution >= 0.6 is 34.8 Å². The van der Waals surface area contributed by atoms with Crippen LogP contribution in [0.1, 0.15) is 25.0 Å². The quantitative estimate of drug-likeness (QED) is 0.103. The summed E-state index contributed by atoms with van der Waals surface area (Å²) in [7, 11) is -3.79. The van der Waals surface area contributed by atoms with Crippen molar-refractivity contribution in [1.29, 1.82) is 0 Å². The minimum atomic E-state index is -3.79. The van der Waals surface area contributed by atoms with Crippen LogP contribution in [0.25, 0.3) is 0 Å². The Morgan fingerprint density at radius 1 is 1.06 bits per heavy atom. The number of alkyl halides is 1. The first-order valence-electron chi connectivity index (χ1n) is 11.4. The molecule has 1 heterocycles. The highest BCUT2D eigenvalue weighted by atomic mass is 35.5. The highest BCUT2D eigenvalue weighted by Crippen LogP contribution is 2.34. The maximum Gasteiger partial charge on any atom is 0.267 e. The molecule has 0 radical (unpaired) electrons. The number of rotatable bonds is 13. The number of halogens is 3. The van der Waals surface area contributed by atoms with Gasteiger partial charge in [0.1, 0.15) is 11.6 Å². The highest BCUT2D eigenvalue weighted by molar-refractivity contribution is 7.86. The summed E-state index contributed by atoms with van der Waals surface area (Å²) in [6.07, 6.45) is 7.62. The first-order valence-corrected chi connectivity index (χ1v) is 14.4. The van der Waals surface area contributed by atoms with E-state index in [-0.39, 0.29) is 0 Å². The van der Waals surface area contributed by atoms with Gasteiger partial charge >= 0.3 is 0 Å². The summed E-state index contributed by atoms with van der Waals surface area (Å²) in [6.45, 7) is 3.36. The molecule has 3 unspecified atom stereocenters. The lowest BCUT2D eigenvalue weighted by Gasteiger charge is -2.37. The standard InChI is InChI=1S/C25H30Cl3N3O4S/c1-3-4-5-18-34-23(19-6-8-20(26)9-7-19)24(28)31-17-16-30(25(31)35-36(2,32)33)15-14-29-22-12-10-21(27)11-13-22/h3-4,6-13,16-17,23-25,29H,5,14-15,18H2,1-2H3. The highest BCUT2D eigenvalue weighted by Gasteiger charge is 2.38. The van der Waals surface area contributed by atoms with E-state index < -0.39 is 28.1 Å². The predicted molar refractivity (Wildman–Crippen MR) is 147 cm³/mol. The fraction of sp³-hybridized carbons (Fsp3) is 0.360. The number of ether oxygens (including phenoxy) is 1. The predicted octanol–water partition coefficient (Wildman–Crippen LogP) is 6.04. The Hall–Kier alpha value is -1.94. The molecular formula is C25H30Cl3N3O4S. The molecule has 196 valence electrons. The zero-order chi connectivity index (χ0) is 26.1. The Morgan fingerprint density at radius 2 is 1.69 bits per heavy atom. The van der Waals surface area contributed by atoms with E-state index in [1.165, 1.54) is 0 Å². The average Bonchev–Trinajstić information content (AvgIpc) is 3.21. The van der Waals surface area contributed by atoms with Crippen molar-refractivity contribution in [2.45, 2.75) is 31.3 Å².